The van der Waals surface area contributed by atoms with Crippen molar-refractivity contribution < 1.29 is 13.2 Å². The summed E-state index contributed by atoms with van der Waals surface area (Å²) in [4.78, 5) is 16.0. The molecule has 1 amide bonds. The molecule has 7 nitrogen and oxygen atoms in total. The zero-order valence-electron chi connectivity index (χ0n) is 15.2. The number of amides is 1. The zero-order chi connectivity index (χ0) is 21.6. The van der Waals surface area contributed by atoms with Gasteiger partial charge >= 0.3 is 0 Å². The van der Waals surface area contributed by atoms with Crippen LogP contribution in [0.1, 0.15) is 5.56 Å². The highest BCUT2D eigenvalue weighted by Crippen LogP contribution is 2.19. The van der Waals surface area contributed by atoms with E-state index in [1.165, 1.54) is 35.7 Å². The first-order valence-electron chi connectivity index (χ1n) is 8.40. The number of thiazole rings is 1. The van der Waals surface area contributed by atoms with Crippen LogP contribution in [-0.4, -0.2) is 24.4 Å². The molecule has 0 aliphatic heterocycles. The average molecular weight is 523 g/mol. The standard InChI is InChI=1S/C19H15BrN4O3S3/c20-14-4-1-13(2-5-14)3-10-17(25)23-18(28)22-15-6-8-16(9-7-15)30(26,27)24-19-21-11-12-29-19/h1-12H,(H,21,24)(H2,22,23,25,28)/b10-3+. The third kappa shape index (κ3) is 6.46. The third-order valence-corrected chi connectivity index (χ3v) is 6.52. The molecule has 3 rings (SSSR count). The molecule has 1 heterocycles. The van der Waals surface area contributed by atoms with E-state index in [-0.39, 0.29) is 21.0 Å². The Morgan fingerprint density at radius 3 is 2.43 bits per heavy atom. The van der Waals surface area contributed by atoms with Crippen LogP contribution in [0.5, 0.6) is 0 Å². The molecule has 30 heavy (non-hydrogen) atoms. The predicted molar refractivity (Wildman–Crippen MR) is 127 cm³/mol. The summed E-state index contributed by atoms with van der Waals surface area (Å²) in [5, 5.41) is 7.43. The minimum atomic E-state index is -3.73. The van der Waals surface area contributed by atoms with Gasteiger partial charge in [-0.25, -0.2) is 13.4 Å². The number of carbonyl (C=O) groups excluding carboxylic acids is 1. The number of benzene rings is 2. The normalized spacial score (nSPS) is 11.2. The largest absolute Gasteiger partial charge is 0.332 e. The van der Waals surface area contributed by atoms with Crippen LogP contribution in [0, 0.1) is 0 Å². The van der Waals surface area contributed by atoms with Gasteiger partial charge in [-0.3, -0.25) is 14.8 Å². The van der Waals surface area contributed by atoms with Crippen LogP contribution in [0.4, 0.5) is 10.8 Å². The highest BCUT2D eigenvalue weighted by Gasteiger charge is 2.15. The molecule has 0 saturated heterocycles. The van der Waals surface area contributed by atoms with Crippen LogP contribution in [0.2, 0.25) is 0 Å². The summed E-state index contributed by atoms with van der Waals surface area (Å²) in [5.74, 6) is -0.387. The number of nitrogens with one attached hydrogen (secondary N) is 3. The maximum Gasteiger partial charge on any atom is 0.263 e. The lowest BCUT2D eigenvalue weighted by Gasteiger charge is -2.09. The fraction of sp³-hybridized carbons (Fsp3) is 0. The Labute approximate surface area is 191 Å². The number of carbonyl (C=O) groups is 1. The SMILES string of the molecule is O=C(/C=C/c1ccc(Br)cc1)NC(=S)Nc1ccc(S(=O)(=O)Nc2nccs2)cc1. The van der Waals surface area contributed by atoms with E-state index >= 15 is 0 Å². The zero-order valence-corrected chi connectivity index (χ0v) is 19.2. The number of nitrogens with zero attached hydrogens (tertiary/aromatic N) is 1. The summed E-state index contributed by atoms with van der Waals surface area (Å²) in [6.45, 7) is 0. The van der Waals surface area contributed by atoms with E-state index in [2.05, 4.69) is 36.3 Å². The van der Waals surface area contributed by atoms with Crippen LogP contribution in [0.3, 0.4) is 0 Å². The molecule has 154 valence electrons. The molecule has 3 N–H and O–H groups in total. The highest BCUT2D eigenvalue weighted by atomic mass is 79.9. The van der Waals surface area contributed by atoms with Crippen LogP contribution in [0.25, 0.3) is 6.08 Å². The number of aromatic nitrogens is 1. The molecule has 0 fully saturated rings. The second-order valence-electron chi connectivity index (χ2n) is 5.80. The highest BCUT2D eigenvalue weighted by molar-refractivity contribution is 9.10. The summed E-state index contributed by atoms with van der Waals surface area (Å²) in [7, 11) is -3.73. The second kappa shape index (κ2) is 9.94. The summed E-state index contributed by atoms with van der Waals surface area (Å²) < 4.78 is 28.0. The van der Waals surface area contributed by atoms with Crippen LogP contribution in [-0.2, 0) is 14.8 Å². The molecule has 1 aromatic heterocycles. The molecule has 0 spiro atoms. The molecular formula is C19H15BrN4O3S3. The molecule has 11 heteroatoms. The molecular weight excluding hydrogens is 508 g/mol. The van der Waals surface area contributed by atoms with Gasteiger partial charge in [0.15, 0.2) is 10.2 Å². The first-order valence-corrected chi connectivity index (χ1v) is 12.0. The van der Waals surface area contributed by atoms with Gasteiger partial charge in [-0.15, -0.1) is 11.3 Å². The Morgan fingerprint density at radius 2 is 1.80 bits per heavy atom. The molecule has 3 aromatic rings. The Balaban J connectivity index is 1.55. The molecule has 2 aromatic carbocycles. The van der Waals surface area contributed by atoms with Gasteiger partial charge in [0.2, 0.25) is 5.91 Å². The van der Waals surface area contributed by atoms with Crippen molar-refractivity contribution in [3.63, 3.8) is 0 Å². The van der Waals surface area contributed by atoms with Gasteiger partial charge in [0.05, 0.1) is 4.90 Å². The van der Waals surface area contributed by atoms with Crippen molar-refractivity contribution in [1.82, 2.24) is 10.3 Å². The van der Waals surface area contributed by atoms with E-state index < -0.39 is 10.0 Å². The number of thiocarbonyl (C=S) groups is 1. The fourth-order valence-electron chi connectivity index (χ4n) is 2.23. The fourth-order valence-corrected chi connectivity index (χ4v) is 4.50. The van der Waals surface area contributed by atoms with Crippen molar-refractivity contribution in [2.45, 2.75) is 4.90 Å². The molecule has 0 bridgehead atoms. The number of hydrogen-bond donors (Lipinski definition) is 3. The minimum Gasteiger partial charge on any atom is -0.332 e. The van der Waals surface area contributed by atoms with E-state index in [0.29, 0.717) is 5.69 Å². The Kier molecular flexibility index (Phi) is 7.32. The molecule has 0 aliphatic rings. The Hall–Kier alpha value is -2.60. The molecule has 0 unspecified atom stereocenters. The maximum absolute atomic E-state index is 12.3. The van der Waals surface area contributed by atoms with Gasteiger partial charge in [0.1, 0.15) is 0 Å². The van der Waals surface area contributed by atoms with Crippen LogP contribution >= 0.6 is 39.5 Å². The molecule has 0 radical (unpaired) electrons. The van der Waals surface area contributed by atoms with Gasteiger partial charge < -0.3 is 5.32 Å². The lowest BCUT2D eigenvalue weighted by Crippen LogP contribution is -2.32. The molecule has 0 atom stereocenters. The molecule has 0 aliphatic carbocycles. The van der Waals surface area contributed by atoms with E-state index in [0.717, 1.165) is 10.0 Å². The Bertz CT molecular complexity index is 1160. The third-order valence-electron chi connectivity index (χ3n) is 3.61. The smallest absolute Gasteiger partial charge is 0.263 e. The lowest BCUT2D eigenvalue weighted by molar-refractivity contribution is -0.115. The number of hydrogen-bond acceptors (Lipinski definition) is 6. The van der Waals surface area contributed by atoms with Crippen molar-refractivity contribution in [1.29, 1.82) is 0 Å². The van der Waals surface area contributed by atoms with Crippen LogP contribution < -0.4 is 15.4 Å². The first-order chi connectivity index (χ1) is 14.3. The first kappa shape index (κ1) is 22.1. The summed E-state index contributed by atoms with van der Waals surface area (Å²) >= 11 is 9.66. The van der Waals surface area contributed by atoms with Gasteiger partial charge in [0, 0.05) is 27.8 Å². The number of halogens is 1. The maximum atomic E-state index is 12.3. The average Bonchev–Trinajstić information content (AvgIpc) is 3.20. The predicted octanol–water partition coefficient (Wildman–Crippen LogP) is 4.23. The van der Waals surface area contributed by atoms with Gasteiger partial charge in [0.25, 0.3) is 10.0 Å². The van der Waals surface area contributed by atoms with Gasteiger partial charge in [-0.05, 0) is 60.3 Å². The van der Waals surface area contributed by atoms with E-state index in [9.17, 15) is 13.2 Å². The van der Waals surface area contributed by atoms with E-state index in [1.807, 2.05) is 24.3 Å². The van der Waals surface area contributed by atoms with Crippen molar-refractivity contribution in [2.24, 2.45) is 0 Å². The number of anilines is 2. The summed E-state index contributed by atoms with van der Waals surface area (Å²) in [5.41, 5.74) is 1.40. The quantitative estimate of drug-likeness (QED) is 0.330. The monoisotopic (exact) mass is 522 g/mol. The summed E-state index contributed by atoms with van der Waals surface area (Å²) in [6.07, 6.45) is 4.55. The van der Waals surface area contributed by atoms with Gasteiger partial charge in [-0.1, -0.05) is 28.1 Å². The number of rotatable bonds is 6. The number of sulfonamides is 1. The van der Waals surface area contributed by atoms with Crippen LogP contribution in [0.15, 0.2) is 75.6 Å². The summed E-state index contributed by atoms with van der Waals surface area (Å²) in [6, 6.07) is 13.4. The van der Waals surface area contributed by atoms with E-state index in [4.69, 9.17) is 12.2 Å². The van der Waals surface area contributed by atoms with Gasteiger partial charge in [-0.2, -0.15) is 0 Å². The van der Waals surface area contributed by atoms with Crippen molar-refractivity contribution in [2.75, 3.05) is 10.0 Å². The minimum absolute atomic E-state index is 0.0793. The Morgan fingerprint density at radius 1 is 1.10 bits per heavy atom. The second-order valence-corrected chi connectivity index (χ2v) is 9.70. The molecule has 0 saturated carbocycles. The topological polar surface area (TPSA) is 100 Å². The van der Waals surface area contributed by atoms with E-state index in [1.54, 1.807) is 23.6 Å². The van der Waals surface area contributed by atoms with Crippen molar-refractivity contribution in [3.8, 4) is 0 Å². The van der Waals surface area contributed by atoms with Crippen molar-refractivity contribution in [3.05, 3.63) is 76.2 Å². The lowest BCUT2D eigenvalue weighted by atomic mass is 10.2. The van der Waals surface area contributed by atoms with Crippen molar-refractivity contribution >= 4 is 77.4 Å².